The number of hydrogen-bond donors (Lipinski definition) is 2. The number of nitrogens with one attached hydrogen (secondary N) is 2. The smallest absolute Gasteiger partial charge is 0.363 e. The Balaban J connectivity index is 1.99. The Labute approximate surface area is 149 Å². The van der Waals surface area contributed by atoms with E-state index in [1.54, 1.807) is 31.2 Å². The van der Waals surface area contributed by atoms with E-state index in [4.69, 9.17) is 0 Å². The van der Waals surface area contributed by atoms with Crippen LogP contribution in [0.2, 0.25) is 0 Å². The molecule has 0 fully saturated rings. The highest BCUT2D eigenvalue weighted by Crippen LogP contribution is 2.32. The molecule has 0 amide bonds. The molecule has 1 aromatic heterocycles. The molecule has 1 heterocycles. The highest BCUT2D eigenvalue weighted by atomic mass is 79.9. The number of halogens is 4. The minimum Gasteiger partial charge on any atom is -0.363 e. The average Bonchev–Trinajstić information content (AvgIpc) is 2.55. The molecule has 0 saturated carbocycles. The molecule has 0 aliphatic rings. The fourth-order valence-electron chi connectivity index (χ4n) is 2.51. The first-order valence-electron chi connectivity index (χ1n) is 7.37. The fraction of sp³-hybridized carbons (Fsp3) is 0.176. The number of benzene rings is 2. The molecule has 0 saturated heterocycles. The van der Waals surface area contributed by atoms with Crippen LogP contribution in [-0.4, -0.2) is 9.97 Å². The number of H-pyrrole nitrogens is 1. The maximum absolute atomic E-state index is 12.9. The predicted octanol–water partition coefficient (Wildman–Crippen LogP) is 4.88. The van der Waals surface area contributed by atoms with Crippen LogP contribution in [0.5, 0.6) is 0 Å². The van der Waals surface area contributed by atoms with Crippen LogP contribution in [0.3, 0.4) is 0 Å². The van der Waals surface area contributed by atoms with E-state index in [1.807, 2.05) is 0 Å². The van der Waals surface area contributed by atoms with Crippen molar-refractivity contribution in [2.24, 2.45) is 0 Å². The highest BCUT2D eigenvalue weighted by molar-refractivity contribution is 9.10. The van der Waals surface area contributed by atoms with E-state index in [9.17, 15) is 18.0 Å². The third-order valence-corrected chi connectivity index (χ3v) is 4.25. The topological polar surface area (TPSA) is 57.8 Å². The fourth-order valence-corrected chi connectivity index (χ4v) is 2.87. The Morgan fingerprint density at radius 1 is 1.20 bits per heavy atom. The second kappa shape index (κ2) is 6.51. The van der Waals surface area contributed by atoms with E-state index in [0.717, 1.165) is 16.6 Å². The lowest BCUT2D eigenvalue weighted by molar-refractivity contribution is -0.137. The van der Waals surface area contributed by atoms with E-state index in [1.165, 1.54) is 6.07 Å². The monoisotopic (exact) mass is 411 g/mol. The summed E-state index contributed by atoms with van der Waals surface area (Å²) in [6.07, 6.45) is -4.41. The summed E-state index contributed by atoms with van der Waals surface area (Å²) in [5.41, 5.74) is -0.222. The van der Waals surface area contributed by atoms with Gasteiger partial charge in [0.15, 0.2) is 0 Å². The van der Waals surface area contributed by atoms with Gasteiger partial charge in [-0.3, -0.25) is 0 Å². The van der Waals surface area contributed by atoms with Gasteiger partial charge in [0.2, 0.25) is 0 Å². The summed E-state index contributed by atoms with van der Waals surface area (Å²) >= 11 is 3.36. The Hall–Kier alpha value is -2.35. The zero-order valence-corrected chi connectivity index (χ0v) is 14.6. The molecule has 2 N–H and O–H groups in total. The summed E-state index contributed by atoms with van der Waals surface area (Å²) in [7, 11) is 0. The third-order valence-electron chi connectivity index (χ3n) is 3.76. The quantitative estimate of drug-likeness (QED) is 0.645. The van der Waals surface area contributed by atoms with Crippen molar-refractivity contribution in [3.8, 4) is 0 Å². The molecule has 0 unspecified atom stereocenters. The predicted molar refractivity (Wildman–Crippen MR) is 93.5 cm³/mol. The van der Waals surface area contributed by atoms with Crippen LogP contribution in [-0.2, 0) is 6.18 Å². The molecule has 0 aliphatic carbocycles. The van der Waals surface area contributed by atoms with Crippen LogP contribution in [0.1, 0.15) is 24.1 Å². The summed E-state index contributed by atoms with van der Waals surface area (Å²) in [5.74, 6) is 0.310. The molecule has 4 nitrogen and oxygen atoms in total. The summed E-state index contributed by atoms with van der Waals surface area (Å²) in [6.45, 7) is 1.71. The van der Waals surface area contributed by atoms with Gasteiger partial charge in [-0.25, -0.2) is 4.79 Å². The molecular formula is C17H13BrF3N3O. The van der Waals surface area contributed by atoms with E-state index in [2.05, 4.69) is 31.2 Å². The largest absolute Gasteiger partial charge is 0.416 e. The number of anilines is 1. The summed E-state index contributed by atoms with van der Waals surface area (Å²) < 4.78 is 39.4. The van der Waals surface area contributed by atoms with Crippen molar-refractivity contribution in [1.29, 1.82) is 0 Å². The van der Waals surface area contributed by atoms with Gasteiger partial charge in [0.05, 0.1) is 11.1 Å². The van der Waals surface area contributed by atoms with Crippen LogP contribution in [0.25, 0.3) is 10.9 Å². The lowest BCUT2D eigenvalue weighted by Crippen LogP contribution is -2.16. The van der Waals surface area contributed by atoms with Gasteiger partial charge in [-0.1, -0.05) is 28.1 Å². The first-order chi connectivity index (χ1) is 11.7. The molecule has 3 rings (SSSR count). The van der Waals surface area contributed by atoms with Gasteiger partial charge in [0.25, 0.3) is 0 Å². The normalized spacial score (nSPS) is 13.0. The van der Waals surface area contributed by atoms with Crippen molar-refractivity contribution in [2.45, 2.75) is 19.1 Å². The molecule has 1 atom stereocenters. The minimum absolute atomic E-state index is 0.310. The zero-order chi connectivity index (χ0) is 18.2. The Morgan fingerprint density at radius 3 is 2.68 bits per heavy atom. The van der Waals surface area contributed by atoms with E-state index >= 15 is 0 Å². The number of fused-ring (bicyclic) bond motifs is 1. The maximum Gasteiger partial charge on any atom is 0.416 e. The first kappa shape index (κ1) is 17.5. The lowest BCUT2D eigenvalue weighted by Gasteiger charge is -2.17. The number of hydrogen-bond acceptors (Lipinski definition) is 3. The SMILES string of the molecule is C[C@@H](Nc1nc(=O)[nH]c2ccc(Br)cc12)c1cccc(C(F)(F)F)c1. The highest BCUT2D eigenvalue weighted by Gasteiger charge is 2.30. The molecule has 8 heteroatoms. The maximum atomic E-state index is 12.9. The van der Waals surface area contributed by atoms with Crippen molar-refractivity contribution < 1.29 is 13.2 Å². The number of rotatable bonds is 3. The van der Waals surface area contributed by atoms with Crippen LogP contribution in [0.4, 0.5) is 19.0 Å². The Bertz CT molecular complexity index is 985. The Kier molecular flexibility index (Phi) is 4.55. The van der Waals surface area contributed by atoms with Gasteiger partial charge in [-0.15, -0.1) is 0 Å². The summed E-state index contributed by atoms with van der Waals surface area (Å²) in [5, 5.41) is 3.69. The van der Waals surface area contributed by atoms with Gasteiger partial charge in [-0.2, -0.15) is 18.2 Å². The van der Waals surface area contributed by atoms with Gasteiger partial charge >= 0.3 is 11.9 Å². The molecule has 2 aromatic carbocycles. The summed E-state index contributed by atoms with van der Waals surface area (Å²) in [4.78, 5) is 18.3. The third kappa shape index (κ3) is 3.84. The van der Waals surface area contributed by atoms with Gasteiger partial charge < -0.3 is 10.3 Å². The van der Waals surface area contributed by atoms with Crippen molar-refractivity contribution in [3.05, 3.63) is 68.5 Å². The zero-order valence-electron chi connectivity index (χ0n) is 13.0. The molecule has 0 radical (unpaired) electrons. The van der Waals surface area contributed by atoms with Gasteiger partial charge in [0.1, 0.15) is 5.82 Å². The average molecular weight is 412 g/mol. The van der Waals surface area contributed by atoms with Gasteiger partial charge in [-0.05, 0) is 42.8 Å². The van der Waals surface area contributed by atoms with E-state index in [0.29, 0.717) is 22.3 Å². The van der Waals surface area contributed by atoms with Crippen LogP contribution in [0, 0.1) is 0 Å². The second-order valence-electron chi connectivity index (χ2n) is 5.57. The first-order valence-corrected chi connectivity index (χ1v) is 8.16. The van der Waals surface area contributed by atoms with Crippen molar-refractivity contribution in [2.75, 3.05) is 5.32 Å². The van der Waals surface area contributed by atoms with Crippen LogP contribution < -0.4 is 11.0 Å². The molecular weight excluding hydrogens is 399 g/mol. The molecule has 25 heavy (non-hydrogen) atoms. The van der Waals surface area contributed by atoms with Gasteiger partial charge in [0, 0.05) is 15.9 Å². The van der Waals surface area contributed by atoms with Crippen LogP contribution in [0.15, 0.2) is 51.7 Å². The molecule has 0 bridgehead atoms. The number of nitrogens with zero attached hydrogens (tertiary/aromatic N) is 1. The number of alkyl halides is 3. The molecule has 130 valence electrons. The van der Waals surface area contributed by atoms with Crippen molar-refractivity contribution in [3.63, 3.8) is 0 Å². The van der Waals surface area contributed by atoms with Crippen molar-refractivity contribution >= 4 is 32.7 Å². The van der Waals surface area contributed by atoms with Crippen LogP contribution >= 0.6 is 15.9 Å². The number of aromatic nitrogens is 2. The van der Waals surface area contributed by atoms with E-state index < -0.39 is 23.5 Å². The lowest BCUT2D eigenvalue weighted by atomic mass is 10.0. The minimum atomic E-state index is -4.41. The molecule has 0 spiro atoms. The number of aromatic amines is 1. The van der Waals surface area contributed by atoms with Crippen molar-refractivity contribution in [1.82, 2.24) is 9.97 Å². The molecule has 3 aromatic rings. The molecule has 0 aliphatic heterocycles. The standard InChI is InChI=1S/C17H13BrF3N3O/c1-9(10-3-2-4-11(7-10)17(19,20)21)22-15-13-8-12(18)5-6-14(13)23-16(25)24-15/h2-9H,1H3,(H2,22,23,24,25)/t9-/m1/s1. The van der Waals surface area contributed by atoms with E-state index in [-0.39, 0.29) is 0 Å². The second-order valence-corrected chi connectivity index (χ2v) is 6.49. The Morgan fingerprint density at radius 2 is 1.96 bits per heavy atom. The summed E-state index contributed by atoms with van der Waals surface area (Å²) in [6, 6.07) is 9.87.